The maximum absolute atomic E-state index is 10.6. The molecule has 0 aromatic carbocycles. The summed E-state index contributed by atoms with van der Waals surface area (Å²) in [6.45, 7) is 2.06. The molecule has 0 saturated heterocycles. The fourth-order valence-corrected chi connectivity index (χ4v) is 1.39. The summed E-state index contributed by atoms with van der Waals surface area (Å²) in [7, 11) is -4.68. The number of hydrogen-bond donors (Lipinski definition) is 0. The van der Waals surface area contributed by atoms with Crippen LogP contribution >= 0.6 is 0 Å². The van der Waals surface area contributed by atoms with Crippen LogP contribution in [0.5, 0.6) is 0 Å². The van der Waals surface area contributed by atoms with Gasteiger partial charge in [0.15, 0.2) is 10.1 Å². The Bertz CT molecular complexity index is 248. The quantitative estimate of drug-likeness (QED) is 0.314. The standard InChI is InChI=1S/C8H16O4S.Na/c1-2-3-4-5-6-7-8(9)13(10,11)12;/h2-7H2,1H3,(H,10,11,12);/q;+1/p-1. The molecular weight excluding hydrogens is 215 g/mol. The van der Waals surface area contributed by atoms with Gasteiger partial charge in [-0.05, 0) is 6.42 Å². The molecule has 0 aromatic rings. The Kier molecular flexibility index (Phi) is 10.7. The van der Waals surface area contributed by atoms with Gasteiger partial charge in [0.1, 0.15) is 0 Å². The molecule has 6 heteroatoms. The van der Waals surface area contributed by atoms with E-state index in [2.05, 4.69) is 6.92 Å². The molecule has 0 radical (unpaired) electrons. The smallest absolute Gasteiger partial charge is 0.742 e. The van der Waals surface area contributed by atoms with Crippen LogP contribution in [-0.4, -0.2) is 18.1 Å². The van der Waals surface area contributed by atoms with Crippen molar-refractivity contribution in [2.75, 3.05) is 0 Å². The first kappa shape index (κ1) is 17.0. The number of carbonyl (C=O) groups excluding carboxylic acids is 1. The Labute approximate surface area is 107 Å². The van der Waals surface area contributed by atoms with Crippen LogP contribution in [0, 0.1) is 0 Å². The fourth-order valence-electron chi connectivity index (χ4n) is 0.998. The van der Waals surface area contributed by atoms with Crippen molar-refractivity contribution in [3.05, 3.63) is 0 Å². The van der Waals surface area contributed by atoms with Gasteiger partial charge in [-0.25, -0.2) is 8.42 Å². The summed E-state index contributed by atoms with van der Waals surface area (Å²) in [6, 6.07) is 0. The van der Waals surface area contributed by atoms with Gasteiger partial charge in [0.2, 0.25) is 5.12 Å². The van der Waals surface area contributed by atoms with Gasteiger partial charge in [-0.2, -0.15) is 0 Å². The molecule has 0 atom stereocenters. The zero-order valence-electron chi connectivity index (χ0n) is 8.78. The van der Waals surface area contributed by atoms with Crippen LogP contribution in [-0.2, 0) is 14.9 Å². The van der Waals surface area contributed by atoms with Gasteiger partial charge in [-0.15, -0.1) is 0 Å². The van der Waals surface area contributed by atoms with E-state index in [1.807, 2.05) is 0 Å². The van der Waals surface area contributed by atoms with E-state index in [9.17, 15) is 17.8 Å². The maximum Gasteiger partial charge on any atom is 1.00 e. The Morgan fingerprint density at radius 1 is 1.14 bits per heavy atom. The number of carbonyl (C=O) groups is 1. The summed E-state index contributed by atoms with van der Waals surface area (Å²) in [5, 5.41) is -1.18. The second kappa shape index (κ2) is 8.85. The zero-order valence-corrected chi connectivity index (χ0v) is 11.6. The van der Waals surface area contributed by atoms with Crippen molar-refractivity contribution in [1.29, 1.82) is 0 Å². The van der Waals surface area contributed by atoms with Crippen LogP contribution in [0.1, 0.15) is 45.4 Å². The first-order chi connectivity index (χ1) is 5.98. The van der Waals surface area contributed by atoms with Crippen LogP contribution in [0.25, 0.3) is 0 Å². The minimum atomic E-state index is -4.68. The molecule has 78 valence electrons. The Hall–Kier alpha value is 0.580. The van der Waals surface area contributed by atoms with Crippen molar-refractivity contribution in [2.24, 2.45) is 0 Å². The molecule has 0 aliphatic carbocycles. The van der Waals surface area contributed by atoms with E-state index in [-0.39, 0.29) is 36.0 Å². The first-order valence-corrected chi connectivity index (χ1v) is 5.88. The Morgan fingerprint density at radius 2 is 1.64 bits per heavy atom. The Balaban J connectivity index is 0. The van der Waals surface area contributed by atoms with E-state index in [1.54, 1.807) is 0 Å². The molecule has 0 saturated carbocycles. The average molecular weight is 230 g/mol. The van der Waals surface area contributed by atoms with Gasteiger partial charge in [-0.1, -0.05) is 32.6 Å². The summed E-state index contributed by atoms with van der Waals surface area (Å²) >= 11 is 0. The molecule has 0 heterocycles. The minimum absolute atomic E-state index is 0. The van der Waals surface area contributed by atoms with E-state index in [0.717, 1.165) is 25.7 Å². The fraction of sp³-hybridized carbons (Fsp3) is 0.875. The third-order valence-electron chi connectivity index (χ3n) is 1.76. The maximum atomic E-state index is 10.6. The van der Waals surface area contributed by atoms with E-state index >= 15 is 0 Å². The molecule has 0 fully saturated rings. The van der Waals surface area contributed by atoms with Crippen molar-refractivity contribution in [1.82, 2.24) is 0 Å². The van der Waals surface area contributed by atoms with Crippen LogP contribution in [0.2, 0.25) is 0 Å². The summed E-state index contributed by atoms with van der Waals surface area (Å²) in [5.41, 5.74) is 0. The Morgan fingerprint density at radius 3 is 2.07 bits per heavy atom. The van der Waals surface area contributed by atoms with Crippen LogP contribution in [0.4, 0.5) is 0 Å². The molecule has 0 amide bonds. The molecule has 0 aliphatic heterocycles. The minimum Gasteiger partial charge on any atom is -0.742 e. The van der Waals surface area contributed by atoms with Gasteiger partial charge in [-0.3, -0.25) is 4.79 Å². The van der Waals surface area contributed by atoms with Gasteiger partial charge in [0.05, 0.1) is 0 Å². The van der Waals surface area contributed by atoms with Crippen LogP contribution in [0.3, 0.4) is 0 Å². The monoisotopic (exact) mass is 230 g/mol. The second-order valence-corrected chi connectivity index (χ2v) is 4.35. The molecule has 14 heavy (non-hydrogen) atoms. The second-order valence-electron chi connectivity index (χ2n) is 2.99. The molecule has 0 N–H and O–H groups in total. The number of hydrogen-bond acceptors (Lipinski definition) is 4. The van der Waals surface area contributed by atoms with Crippen molar-refractivity contribution in [3.63, 3.8) is 0 Å². The molecule has 4 nitrogen and oxygen atoms in total. The van der Waals surface area contributed by atoms with E-state index in [1.165, 1.54) is 0 Å². The van der Waals surface area contributed by atoms with E-state index in [4.69, 9.17) is 0 Å². The van der Waals surface area contributed by atoms with Gasteiger partial charge in [0.25, 0.3) is 0 Å². The van der Waals surface area contributed by atoms with Crippen molar-refractivity contribution in [2.45, 2.75) is 45.4 Å². The summed E-state index contributed by atoms with van der Waals surface area (Å²) in [5.74, 6) is 0. The third kappa shape index (κ3) is 9.15. The molecule has 0 bridgehead atoms. The van der Waals surface area contributed by atoms with Crippen molar-refractivity contribution < 1.29 is 47.3 Å². The van der Waals surface area contributed by atoms with Crippen molar-refractivity contribution in [3.8, 4) is 0 Å². The van der Waals surface area contributed by atoms with Crippen molar-refractivity contribution >= 4 is 15.2 Å². The summed E-state index contributed by atoms with van der Waals surface area (Å²) in [6.07, 6.45) is 4.35. The first-order valence-electron chi connectivity index (χ1n) is 4.47. The van der Waals surface area contributed by atoms with Crippen LogP contribution in [0.15, 0.2) is 0 Å². The summed E-state index contributed by atoms with van der Waals surface area (Å²) in [4.78, 5) is 10.6. The molecular formula is C8H15NaO4S. The zero-order chi connectivity index (χ0) is 10.3. The predicted molar refractivity (Wildman–Crippen MR) is 48.1 cm³/mol. The van der Waals surface area contributed by atoms with E-state index < -0.39 is 15.2 Å². The van der Waals surface area contributed by atoms with Gasteiger partial charge in [0, 0.05) is 6.42 Å². The number of unbranched alkanes of at least 4 members (excludes halogenated alkanes) is 4. The van der Waals surface area contributed by atoms with Gasteiger partial charge >= 0.3 is 29.6 Å². The molecule has 0 spiro atoms. The number of rotatable bonds is 6. The van der Waals surface area contributed by atoms with Crippen LogP contribution < -0.4 is 29.6 Å². The van der Waals surface area contributed by atoms with Gasteiger partial charge < -0.3 is 4.55 Å². The summed E-state index contributed by atoms with van der Waals surface area (Å²) < 4.78 is 30.4. The largest absolute Gasteiger partial charge is 1.00 e. The molecule has 0 aliphatic rings. The predicted octanol–water partition coefficient (Wildman–Crippen LogP) is -1.58. The average Bonchev–Trinajstić information content (AvgIpc) is 2.02. The SMILES string of the molecule is CCCCCCCC(=O)S(=O)(=O)[O-].[Na+]. The molecule has 0 aromatic heterocycles. The molecule has 0 rings (SSSR count). The van der Waals surface area contributed by atoms with E-state index in [0.29, 0.717) is 6.42 Å². The topological polar surface area (TPSA) is 74.3 Å². The third-order valence-corrected chi connectivity index (χ3v) is 2.53. The normalized spacial score (nSPS) is 10.7. The molecule has 0 unspecified atom stereocenters.